The molecule has 2 rings (SSSR count). The Morgan fingerprint density at radius 3 is 3.00 bits per heavy atom. The molecule has 0 saturated heterocycles. The van der Waals surface area contributed by atoms with Gasteiger partial charge in [0.2, 0.25) is 5.91 Å². The van der Waals surface area contributed by atoms with Gasteiger partial charge in [0.25, 0.3) is 5.82 Å². The first-order chi connectivity index (χ1) is 7.69. The van der Waals surface area contributed by atoms with E-state index in [-0.39, 0.29) is 18.3 Å². The van der Waals surface area contributed by atoms with Gasteiger partial charge in [-0.2, -0.15) is 0 Å². The summed E-state index contributed by atoms with van der Waals surface area (Å²) in [6, 6.07) is 0.316. The van der Waals surface area contributed by atoms with Crippen LogP contribution >= 0.6 is 0 Å². The number of hydrogen-bond acceptors (Lipinski definition) is 5. The molecule has 1 saturated carbocycles. The van der Waals surface area contributed by atoms with Gasteiger partial charge in [0.05, 0.1) is 7.11 Å². The zero-order valence-electron chi connectivity index (χ0n) is 8.84. The molecule has 16 heavy (non-hydrogen) atoms. The second kappa shape index (κ2) is 4.30. The van der Waals surface area contributed by atoms with Gasteiger partial charge >= 0.3 is 5.97 Å². The van der Waals surface area contributed by atoms with E-state index in [1.165, 1.54) is 18.1 Å². The average molecular weight is 224 g/mol. The summed E-state index contributed by atoms with van der Waals surface area (Å²) in [6.07, 6.45) is 3.41. The van der Waals surface area contributed by atoms with Gasteiger partial charge in [0.15, 0.2) is 0 Å². The number of carbonyl (C=O) groups excluding carboxylic acids is 2. The number of nitrogens with one attached hydrogen (secondary N) is 1. The first-order valence-corrected chi connectivity index (χ1v) is 4.96. The van der Waals surface area contributed by atoms with Crippen LogP contribution in [0.3, 0.4) is 0 Å². The number of esters is 1. The first-order valence-electron chi connectivity index (χ1n) is 4.96. The SMILES string of the molecule is COC(=O)c1ncn(CC(=O)NC2CC2)n1. The molecule has 7 heteroatoms. The molecular weight excluding hydrogens is 212 g/mol. The Bertz CT molecular complexity index is 411. The van der Waals surface area contributed by atoms with Crippen LogP contribution in [0.15, 0.2) is 6.33 Å². The second-order valence-corrected chi connectivity index (χ2v) is 3.60. The van der Waals surface area contributed by atoms with Gasteiger partial charge in [-0.05, 0) is 12.8 Å². The number of ether oxygens (including phenoxy) is 1. The van der Waals surface area contributed by atoms with E-state index in [0.717, 1.165) is 12.8 Å². The van der Waals surface area contributed by atoms with Gasteiger partial charge in [-0.25, -0.2) is 14.5 Å². The van der Waals surface area contributed by atoms with E-state index in [4.69, 9.17) is 0 Å². The molecule has 86 valence electrons. The Kier molecular flexibility index (Phi) is 2.84. The van der Waals surface area contributed by atoms with Crippen LogP contribution in [0.5, 0.6) is 0 Å². The highest BCUT2D eigenvalue weighted by Crippen LogP contribution is 2.18. The molecule has 1 fully saturated rings. The van der Waals surface area contributed by atoms with Crippen molar-refractivity contribution in [2.24, 2.45) is 0 Å². The molecule has 0 spiro atoms. The number of amides is 1. The summed E-state index contributed by atoms with van der Waals surface area (Å²) in [6.45, 7) is 0.0699. The number of hydrogen-bond donors (Lipinski definition) is 1. The van der Waals surface area contributed by atoms with Crippen LogP contribution in [0, 0.1) is 0 Å². The third-order valence-corrected chi connectivity index (χ3v) is 2.15. The van der Waals surface area contributed by atoms with Gasteiger partial charge in [-0.1, -0.05) is 0 Å². The molecular formula is C9H12N4O3. The Morgan fingerprint density at radius 1 is 1.62 bits per heavy atom. The number of rotatable bonds is 4. The molecule has 1 heterocycles. The van der Waals surface area contributed by atoms with Crippen LogP contribution < -0.4 is 5.32 Å². The summed E-state index contributed by atoms with van der Waals surface area (Å²) in [7, 11) is 1.25. The van der Waals surface area contributed by atoms with Crippen molar-refractivity contribution in [3.05, 3.63) is 12.2 Å². The molecule has 0 radical (unpaired) electrons. The summed E-state index contributed by atoms with van der Waals surface area (Å²) >= 11 is 0. The van der Waals surface area contributed by atoms with Crippen molar-refractivity contribution in [1.29, 1.82) is 0 Å². The fraction of sp³-hybridized carbons (Fsp3) is 0.556. The van der Waals surface area contributed by atoms with E-state index in [9.17, 15) is 9.59 Å². The number of methoxy groups -OCH3 is 1. The summed E-state index contributed by atoms with van der Waals surface area (Å²) in [5, 5.41) is 6.63. The molecule has 1 amide bonds. The van der Waals surface area contributed by atoms with Crippen molar-refractivity contribution in [2.75, 3.05) is 7.11 Å². The largest absolute Gasteiger partial charge is 0.463 e. The fourth-order valence-corrected chi connectivity index (χ4v) is 1.20. The minimum absolute atomic E-state index is 0.0401. The average Bonchev–Trinajstić information content (AvgIpc) is 2.94. The molecule has 0 unspecified atom stereocenters. The van der Waals surface area contributed by atoms with Gasteiger partial charge < -0.3 is 10.1 Å². The van der Waals surface area contributed by atoms with E-state index in [0.29, 0.717) is 6.04 Å². The van der Waals surface area contributed by atoms with Crippen molar-refractivity contribution < 1.29 is 14.3 Å². The molecule has 0 aromatic carbocycles. The Labute approximate surface area is 91.8 Å². The van der Waals surface area contributed by atoms with Crippen LogP contribution in [-0.4, -0.2) is 39.8 Å². The fourth-order valence-electron chi connectivity index (χ4n) is 1.20. The normalized spacial score (nSPS) is 14.6. The lowest BCUT2D eigenvalue weighted by Crippen LogP contribution is -2.29. The highest BCUT2D eigenvalue weighted by Gasteiger charge is 2.23. The summed E-state index contributed by atoms with van der Waals surface area (Å²) in [4.78, 5) is 26.2. The summed E-state index contributed by atoms with van der Waals surface area (Å²) in [5.41, 5.74) is 0. The molecule has 0 aliphatic heterocycles. The quantitative estimate of drug-likeness (QED) is 0.686. The summed E-state index contributed by atoms with van der Waals surface area (Å²) < 4.78 is 5.76. The standard InChI is InChI=1S/C9H12N4O3/c1-16-9(15)8-10-5-13(12-8)4-7(14)11-6-2-3-6/h5-6H,2-4H2,1H3,(H,11,14). The third kappa shape index (κ3) is 2.56. The third-order valence-electron chi connectivity index (χ3n) is 2.15. The van der Waals surface area contributed by atoms with Crippen molar-refractivity contribution in [3.63, 3.8) is 0 Å². The molecule has 7 nitrogen and oxygen atoms in total. The number of aromatic nitrogens is 3. The van der Waals surface area contributed by atoms with E-state index >= 15 is 0 Å². The minimum Gasteiger partial charge on any atom is -0.463 e. The summed E-state index contributed by atoms with van der Waals surface area (Å²) in [5.74, 6) is -0.771. The van der Waals surface area contributed by atoms with Crippen LogP contribution in [0.1, 0.15) is 23.5 Å². The Hall–Kier alpha value is -1.92. The van der Waals surface area contributed by atoms with Crippen LogP contribution in [-0.2, 0) is 16.1 Å². The van der Waals surface area contributed by atoms with Crippen molar-refractivity contribution >= 4 is 11.9 Å². The van der Waals surface area contributed by atoms with E-state index in [1.807, 2.05) is 0 Å². The topological polar surface area (TPSA) is 86.1 Å². The maximum Gasteiger partial charge on any atom is 0.377 e. The molecule has 0 bridgehead atoms. The predicted octanol–water partition coefficient (Wildman–Crippen LogP) is -0.657. The Balaban J connectivity index is 1.91. The highest BCUT2D eigenvalue weighted by molar-refractivity contribution is 5.84. The van der Waals surface area contributed by atoms with E-state index in [2.05, 4.69) is 20.1 Å². The Morgan fingerprint density at radius 2 is 2.38 bits per heavy atom. The number of nitrogens with zero attached hydrogens (tertiary/aromatic N) is 3. The van der Waals surface area contributed by atoms with Gasteiger partial charge in [0.1, 0.15) is 12.9 Å². The van der Waals surface area contributed by atoms with Crippen molar-refractivity contribution in [3.8, 4) is 0 Å². The molecule has 1 aromatic rings. The van der Waals surface area contributed by atoms with Gasteiger partial charge in [-0.15, -0.1) is 5.10 Å². The van der Waals surface area contributed by atoms with E-state index < -0.39 is 5.97 Å². The zero-order valence-corrected chi connectivity index (χ0v) is 8.84. The molecule has 0 atom stereocenters. The lowest BCUT2D eigenvalue weighted by atomic mass is 10.5. The minimum atomic E-state index is -0.610. The monoisotopic (exact) mass is 224 g/mol. The van der Waals surface area contributed by atoms with Gasteiger partial charge in [-0.3, -0.25) is 4.79 Å². The predicted molar refractivity (Wildman–Crippen MR) is 52.5 cm³/mol. The maximum atomic E-state index is 11.4. The van der Waals surface area contributed by atoms with E-state index in [1.54, 1.807) is 0 Å². The zero-order chi connectivity index (χ0) is 11.5. The highest BCUT2D eigenvalue weighted by atomic mass is 16.5. The van der Waals surface area contributed by atoms with Crippen molar-refractivity contribution in [1.82, 2.24) is 20.1 Å². The number of carbonyl (C=O) groups is 2. The van der Waals surface area contributed by atoms with Crippen molar-refractivity contribution in [2.45, 2.75) is 25.4 Å². The maximum absolute atomic E-state index is 11.4. The molecule has 1 N–H and O–H groups in total. The van der Waals surface area contributed by atoms with Crippen LogP contribution in [0.4, 0.5) is 0 Å². The molecule has 1 aromatic heterocycles. The smallest absolute Gasteiger partial charge is 0.377 e. The lowest BCUT2D eigenvalue weighted by Gasteiger charge is -2.01. The second-order valence-electron chi connectivity index (χ2n) is 3.60. The molecule has 1 aliphatic rings. The lowest BCUT2D eigenvalue weighted by molar-refractivity contribution is -0.122. The van der Waals surface area contributed by atoms with Gasteiger partial charge in [0, 0.05) is 6.04 Å². The van der Waals surface area contributed by atoms with Crippen LogP contribution in [0.2, 0.25) is 0 Å². The first kappa shape index (κ1) is 10.6. The van der Waals surface area contributed by atoms with Crippen LogP contribution in [0.25, 0.3) is 0 Å². The molecule has 1 aliphatic carbocycles.